The Bertz CT molecular complexity index is 457. The van der Waals surface area contributed by atoms with Crippen molar-refractivity contribution < 1.29 is 29.2 Å². The van der Waals surface area contributed by atoms with Crippen molar-refractivity contribution in [3.05, 3.63) is 0 Å². The molecule has 0 aromatic heterocycles. The average Bonchev–Trinajstić information content (AvgIpc) is 3.10. The van der Waals surface area contributed by atoms with Crippen molar-refractivity contribution >= 4 is 0 Å². The molecule has 0 aromatic carbocycles. The van der Waals surface area contributed by atoms with E-state index < -0.39 is 17.2 Å². The Labute approximate surface area is 149 Å². The number of rotatable bonds is 5. The van der Waals surface area contributed by atoms with Crippen LogP contribution in [0.15, 0.2) is 0 Å². The Morgan fingerprint density at radius 2 is 1.64 bits per heavy atom. The van der Waals surface area contributed by atoms with E-state index in [-0.39, 0.29) is 18.8 Å². The lowest BCUT2D eigenvalue weighted by Gasteiger charge is -2.34. The molecule has 0 radical (unpaired) electrons. The fourth-order valence-electron chi connectivity index (χ4n) is 4.98. The summed E-state index contributed by atoms with van der Waals surface area (Å²) in [5, 5.41) is 20.4. The number of aliphatic hydroxyl groups excluding tert-OH is 1. The van der Waals surface area contributed by atoms with Crippen molar-refractivity contribution in [1.82, 2.24) is 0 Å². The predicted octanol–water partition coefficient (Wildman–Crippen LogP) is 2.25. The van der Waals surface area contributed by atoms with Crippen LogP contribution in [0.2, 0.25) is 0 Å². The number of hydrogen-bond acceptors (Lipinski definition) is 6. The largest absolute Gasteiger partial charge is 0.393 e. The first-order chi connectivity index (χ1) is 12.1. The molecule has 0 bridgehead atoms. The zero-order valence-corrected chi connectivity index (χ0v) is 15.1. The molecule has 144 valence electrons. The molecular formula is C19H32O6. The van der Waals surface area contributed by atoms with Crippen LogP contribution >= 0.6 is 0 Å². The first-order valence-corrected chi connectivity index (χ1v) is 10.1. The number of fused-ring (bicyclic) bond motifs is 1. The summed E-state index contributed by atoms with van der Waals surface area (Å²) in [5.74, 6) is -1.50. The molecule has 3 atom stereocenters. The zero-order chi connectivity index (χ0) is 17.4. The average molecular weight is 356 g/mol. The summed E-state index contributed by atoms with van der Waals surface area (Å²) in [6, 6.07) is 0. The maximum Gasteiger partial charge on any atom is 0.170 e. The van der Waals surface area contributed by atoms with E-state index in [1.54, 1.807) is 0 Å². The molecule has 2 N–H and O–H groups in total. The fraction of sp³-hybridized carbons (Fsp3) is 1.00. The van der Waals surface area contributed by atoms with Crippen LogP contribution in [0.3, 0.4) is 0 Å². The lowest BCUT2D eigenvalue weighted by molar-refractivity contribution is -0.238. The van der Waals surface area contributed by atoms with Crippen LogP contribution in [0.25, 0.3) is 0 Å². The molecule has 2 aliphatic carbocycles. The normalized spacial score (nSPS) is 39.6. The Morgan fingerprint density at radius 1 is 0.960 bits per heavy atom. The first-order valence-electron chi connectivity index (χ1n) is 10.1. The van der Waals surface area contributed by atoms with Gasteiger partial charge in [0.2, 0.25) is 0 Å². The monoisotopic (exact) mass is 356 g/mol. The van der Waals surface area contributed by atoms with Gasteiger partial charge in [0.1, 0.15) is 11.7 Å². The molecule has 2 saturated heterocycles. The van der Waals surface area contributed by atoms with Crippen molar-refractivity contribution in [1.29, 1.82) is 0 Å². The third kappa shape index (κ3) is 3.49. The van der Waals surface area contributed by atoms with Crippen LogP contribution in [-0.2, 0) is 18.9 Å². The Morgan fingerprint density at radius 3 is 2.32 bits per heavy atom. The van der Waals surface area contributed by atoms with Gasteiger partial charge in [-0.15, -0.1) is 0 Å². The standard InChI is InChI=1S/C19H32O6/c20-13-17-14-22-15(7-12-23-18(21)8-3-1-4-9-18)16(17)24-19(25-17)10-5-2-6-11-19/h15-16,20-21H,1-14H2/t15?,16?,17-/m0/s1. The van der Waals surface area contributed by atoms with E-state index in [9.17, 15) is 10.2 Å². The maximum atomic E-state index is 10.5. The van der Waals surface area contributed by atoms with E-state index in [1.165, 1.54) is 12.8 Å². The van der Waals surface area contributed by atoms with Gasteiger partial charge in [-0.25, -0.2) is 0 Å². The lowest BCUT2D eigenvalue weighted by Crippen LogP contribution is -2.45. The molecular weight excluding hydrogens is 324 g/mol. The highest BCUT2D eigenvalue weighted by atomic mass is 16.8. The van der Waals surface area contributed by atoms with Gasteiger partial charge >= 0.3 is 0 Å². The van der Waals surface area contributed by atoms with Crippen LogP contribution in [0.1, 0.15) is 70.6 Å². The Kier molecular flexibility index (Phi) is 5.12. The van der Waals surface area contributed by atoms with Crippen molar-refractivity contribution in [3.8, 4) is 0 Å². The van der Waals surface area contributed by atoms with Crippen LogP contribution in [-0.4, -0.2) is 59.4 Å². The number of aliphatic hydroxyl groups is 2. The summed E-state index contributed by atoms with van der Waals surface area (Å²) in [6.45, 7) is 0.723. The highest BCUT2D eigenvalue weighted by Gasteiger charge is 2.63. The van der Waals surface area contributed by atoms with Gasteiger partial charge in [0.15, 0.2) is 11.6 Å². The minimum atomic E-state index is -0.970. The molecule has 4 rings (SSSR count). The van der Waals surface area contributed by atoms with Crippen LogP contribution in [0.4, 0.5) is 0 Å². The predicted molar refractivity (Wildman–Crippen MR) is 89.9 cm³/mol. The van der Waals surface area contributed by atoms with E-state index in [4.69, 9.17) is 18.9 Å². The van der Waals surface area contributed by atoms with Crippen molar-refractivity contribution in [2.75, 3.05) is 19.8 Å². The second kappa shape index (κ2) is 7.06. The summed E-state index contributed by atoms with van der Waals surface area (Å²) in [6.07, 6.45) is 10.1. The van der Waals surface area contributed by atoms with Crippen LogP contribution in [0, 0.1) is 0 Å². The molecule has 1 spiro atoms. The minimum Gasteiger partial charge on any atom is -0.393 e. The molecule has 4 aliphatic rings. The molecule has 0 amide bonds. The summed E-state index contributed by atoms with van der Waals surface area (Å²) in [4.78, 5) is 0. The van der Waals surface area contributed by atoms with Crippen LogP contribution in [0.5, 0.6) is 0 Å². The topological polar surface area (TPSA) is 77.4 Å². The third-order valence-corrected chi connectivity index (χ3v) is 6.42. The number of ether oxygens (including phenoxy) is 4. The van der Waals surface area contributed by atoms with Crippen molar-refractivity contribution in [2.45, 2.75) is 100 Å². The van der Waals surface area contributed by atoms with E-state index in [0.717, 1.165) is 38.5 Å². The molecule has 2 unspecified atom stereocenters. The summed E-state index contributed by atoms with van der Waals surface area (Å²) < 4.78 is 24.4. The zero-order valence-electron chi connectivity index (χ0n) is 15.1. The smallest absolute Gasteiger partial charge is 0.170 e. The summed E-state index contributed by atoms with van der Waals surface area (Å²) >= 11 is 0. The highest BCUT2D eigenvalue weighted by Crippen LogP contribution is 2.49. The van der Waals surface area contributed by atoms with E-state index in [2.05, 4.69) is 0 Å². The SMILES string of the molecule is OC[C@]12COC(CCOC3(O)CCCCC3)C1OC1(CCCCC1)O2. The quantitative estimate of drug-likeness (QED) is 0.736. The summed E-state index contributed by atoms with van der Waals surface area (Å²) in [7, 11) is 0. The minimum absolute atomic E-state index is 0.0826. The third-order valence-electron chi connectivity index (χ3n) is 6.42. The Balaban J connectivity index is 1.35. The summed E-state index contributed by atoms with van der Waals surface area (Å²) in [5.41, 5.74) is -0.732. The maximum absolute atomic E-state index is 10.5. The highest BCUT2D eigenvalue weighted by molar-refractivity contribution is 5.06. The van der Waals surface area contributed by atoms with Crippen molar-refractivity contribution in [2.24, 2.45) is 0 Å². The molecule has 25 heavy (non-hydrogen) atoms. The Hall–Kier alpha value is -0.240. The van der Waals surface area contributed by atoms with Crippen molar-refractivity contribution in [3.63, 3.8) is 0 Å². The molecule has 2 aliphatic heterocycles. The lowest BCUT2D eigenvalue weighted by atomic mass is 9.94. The van der Waals surface area contributed by atoms with E-state index in [1.807, 2.05) is 0 Å². The second-order valence-corrected chi connectivity index (χ2v) is 8.33. The van der Waals surface area contributed by atoms with Gasteiger partial charge in [-0.1, -0.05) is 12.8 Å². The van der Waals surface area contributed by atoms with E-state index >= 15 is 0 Å². The molecule has 6 heteroatoms. The van der Waals surface area contributed by atoms with Gasteiger partial charge < -0.3 is 29.2 Å². The number of hydrogen-bond donors (Lipinski definition) is 2. The molecule has 2 saturated carbocycles. The van der Waals surface area contributed by atoms with Gasteiger partial charge in [-0.3, -0.25) is 0 Å². The van der Waals surface area contributed by atoms with Crippen LogP contribution < -0.4 is 0 Å². The molecule has 0 aromatic rings. The van der Waals surface area contributed by atoms with Gasteiger partial charge in [0.05, 0.1) is 25.9 Å². The molecule has 6 nitrogen and oxygen atoms in total. The molecule has 2 heterocycles. The first kappa shape index (κ1) is 18.1. The van der Waals surface area contributed by atoms with Gasteiger partial charge in [0, 0.05) is 25.7 Å². The second-order valence-electron chi connectivity index (χ2n) is 8.33. The van der Waals surface area contributed by atoms with Gasteiger partial charge in [-0.05, 0) is 32.1 Å². The van der Waals surface area contributed by atoms with Gasteiger partial charge in [-0.2, -0.15) is 0 Å². The van der Waals surface area contributed by atoms with Gasteiger partial charge in [0.25, 0.3) is 0 Å². The molecule has 4 fully saturated rings. The fourth-order valence-corrected chi connectivity index (χ4v) is 4.98. The van der Waals surface area contributed by atoms with E-state index in [0.29, 0.717) is 32.5 Å².